The van der Waals surface area contributed by atoms with Gasteiger partial charge in [-0.3, -0.25) is 0 Å². The van der Waals surface area contributed by atoms with Crippen molar-refractivity contribution >= 4 is 0 Å². The Morgan fingerprint density at radius 1 is 1.40 bits per heavy atom. The van der Waals surface area contributed by atoms with Gasteiger partial charge in [-0.05, 0) is 0 Å². The molecule has 0 saturated heterocycles. The van der Waals surface area contributed by atoms with E-state index in [1.807, 2.05) is 0 Å². The summed E-state index contributed by atoms with van der Waals surface area (Å²) < 4.78 is 6.74. The second-order valence-electron chi connectivity index (χ2n) is 3.30. The van der Waals surface area contributed by atoms with Gasteiger partial charge in [-0.25, -0.2) is 0 Å². The summed E-state index contributed by atoms with van der Waals surface area (Å²) in [6, 6.07) is 0. The molecule has 1 aliphatic rings. The van der Waals surface area contributed by atoms with Crippen molar-refractivity contribution in [3.63, 3.8) is 0 Å². The maximum absolute atomic E-state index is 2.47. The predicted octanol–water partition coefficient (Wildman–Crippen LogP) is 3.18. The van der Waals surface area contributed by atoms with Gasteiger partial charge < -0.3 is 0 Å². The van der Waals surface area contributed by atoms with E-state index in [1.165, 1.54) is 5.57 Å². The molecule has 1 atom stereocenters. The normalized spacial score (nSPS) is 24.2. The second-order valence-corrected chi connectivity index (χ2v) is 12.6. The molecule has 1 unspecified atom stereocenters. The molecule has 0 spiro atoms. The van der Waals surface area contributed by atoms with E-state index < -0.39 is 21.4 Å². The van der Waals surface area contributed by atoms with Gasteiger partial charge in [0.1, 0.15) is 0 Å². The molecule has 0 aliphatic heterocycles. The molecule has 0 bridgehead atoms. The van der Waals surface area contributed by atoms with Gasteiger partial charge in [0.2, 0.25) is 0 Å². The van der Waals surface area contributed by atoms with Gasteiger partial charge in [-0.15, -0.1) is 0 Å². The van der Waals surface area contributed by atoms with E-state index in [2.05, 4.69) is 35.4 Å². The first-order valence-electron chi connectivity index (χ1n) is 3.82. The average Bonchev–Trinajstić information content (AvgIpc) is 2.10. The van der Waals surface area contributed by atoms with Crippen LogP contribution in [0.1, 0.15) is 13.8 Å². The van der Waals surface area contributed by atoms with Gasteiger partial charge in [0.25, 0.3) is 0 Å². The SMILES string of the molecule is CC1=CC(C)[C]([Hf]([CH3])[CH3])=C1. The van der Waals surface area contributed by atoms with Crippen LogP contribution in [-0.2, 0) is 21.4 Å². The Morgan fingerprint density at radius 3 is 2.20 bits per heavy atom. The van der Waals surface area contributed by atoms with E-state index in [4.69, 9.17) is 0 Å². The van der Waals surface area contributed by atoms with Crippen LogP contribution in [0.2, 0.25) is 9.36 Å². The molecule has 1 heteroatoms. The first-order valence-corrected chi connectivity index (χ1v) is 12.8. The van der Waals surface area contributed by atoms with Crippen molar-refractivity contribution in [2.24, 2.45) is 5.92 Å². The molecule has 0 radical (unpaired) electrons. The third kappa shape index (κ3) is 1.69. The molecule has 0 fully saturated rings. The molecular weight excluding hydrogens is 287 g/mol. The van der Waals surface area contributed by atoms with Crippen molar-refractivity contribution in [2.75, 3.05) is 0 Å². The molecule has 1 rings (SSSR count). The second kappa shape index (κ2) is 3.17. The summed E-state index contributed by atoms with van der Waals surface area (Å²) in [5.74, 6) is 0.775. The first-order chi connectivity index (χ1) is 4.61. The summed E-state index contributed by atoms with van der Waals surface area (Å²) in [7, 11) is 0. The monoisotopic (exact) mass is 303 g/mol. The molecule has 0 heterocycles. The molecule has 0 N–H and O–H groups in total. The van der Waals surface area contributed by atoms with Crippen LogP contribution in [0.15, 0.2) is 21.1 Å². The van der Waals surface area contributed by atoms with Crippen molar-refractivity contribution in [1.29, 1.82) is 0 Å². The van der Waals surface area contributed by atoms with Gasteiger partial charge in [-0.2, -0.15) is 0 Å². The van der Waals surface area contributed by atoms with Crippen LogP contribution in [-0.4, -0.2) is 0 Å². The molecule has 0 aromatic heterocycles. The Bertz CT molecular complexity index is 187. The number of hydrogen-bond donors (Lipinski definition) is 0. The standard InChI is InChI=1S/C7H9.2CH3.Hf/c1-6-3-4-7(2)5-6;;;/h3,5,7H,1-2H3;2*1H3;. The summed E-state index contributed by atoms with van der Waals surface area (Å²) in [6.45, 7) is 4.53. The van der Waals surface area contributed by atoms with E-state index in [0.29, 0.717) is 0 Å². The van der Waals surface area contributed by atoms with Crippen molar-refractivity contribution in [2.45, 2.75) is 23.2 Å². The van der Waals surface area contributed by atoms with Crippen LogP contribution in [0.3, 0.4) is 0 Å². The molecule has 0 amide bonds. The Balaban J connectivity index is 2.75. The number of hydrogen-bond acceptors (Lipinski definition) is 0. The summed E-state index contributed by atoms with van der Waals surface area (Å²) in [5.41, 5.74) is 1.48. The molecule has 10 heavy (non-hydrogen) atoms. The van der Waals surface area contributed by atoms with Gasteiger partial charge in [0, 0.05) is 0 Å². The Kier molecular flexibility index (Phi) is 2.67. The zero-order chi connectivity index (χ0) is 7.72. The fourth-order valence-electron chi connectivity index (χ4n) is 1.51. The predicted molar refractivity (Wildman–Crippen MR) is 42.7 cm³/mol. The van der Waals surface area contributed by atoms with Crippen LogP contribution in [0.5, 0.6) is 0 Å². The average molecular weight is 302 g/mol. The van der Waals surface area contributed by atoms with Crippen molar-refractivity contribution in [3.8, 4) is 0 Å². The van der Waals surface area contributed by atoms with E-state index in [9.17, 15) is 0 Å². The molecular formula is C9H15Hf. The molecule has 0 nitrogen and oxygen atoms in total. The van der Waals surface area contributed by atoms with Crippen LogP contribution in [0.4, 0.5) is 0 Å². The zero-order valence-electron chi connectivity index (χ0n) is 7.23. The van der Waals surface area contributed by atoms with Gasteiger partial charge >= 0.3 is 71.6 Å². The summed E-state index contributed by atoms with van der Waals surface area (Å²) in [6.07, 6.45) is 4.79. The number of allylic oxidation sites excluding steroid dienone is 4. The summed E-state index contributed by atoms with van der Waals surface area (Å²) in [4.78, 5) is 0. The Hall–Kier alpha value is 0.350. The minimum atomic E-state index is -1.16. The topological polar surface area (TPSA) is 0 Å². The fourth-order valence-corrected chi connectivity index (χ4v) is 6.93. The molecule has 55 valence electrons. The zero-order valence-corrected chi connectivity index (χ0v) is 10.8. The summed E-state index contributed by atoms with van der Waals surface area (Å²) in [5, 5.41) is 0. The summed E-state index contributed by atoms with van der Waals surface area (Å²) >= 11 is -1.16. The van der Waals surface area contributed by atoms with Crippen molar-refractivity contribution in [1.82, 2.24) is 0 Å². The van der Waals surface area contributed by atoms with E-state index >= 15 is 0 Å². The van der Waals surface area contributed by atoms with E-state index in [-0.39, 0.29) is 0 Å². The first kappa shape index (κ1) is 8.45. The van der Waals surface area contributed by atoms with Crippen molar-refractivity contribution in [3.05, 3.63) is 21.1 Å². The molecule has 0 aromatic carbocycles. The van der Waals surface area contributed by atoms with E-state index in [1.54, 1.807) is 3.33 Å². The van der Waals surface area contributed by atoms with Gasteiger partial charge in [-0.1, -0.05) is 0 Å². The molecule has 0 aromatic rings. The fraction of sp³-hybridized carbons (Fsp3) is 0.556. The maximum atomic E-state index is 2.47. The minimum absolute atomic E-state index is 0.775. The Labute approximate surface area is 71.5 Å². The van der Waals surface area contributed by atoms with Crippen LogP contribution >= 0.6 is 0 Å². The van der Waals surface area contributed by atoms with Gasteiger partial charge in [0.05, 0.1) is 0 Å². The van der Waals surface area contributed by atoms with Crippen LogP contribution in [0, 0.1) is 5.92 Å². The van der Waals surface area contributed by atoms with Crippen LogP contribution in [0.25, 0.3) is 0 Å². The van der Waals surface area contributed by atoms with Gasteiger partial charge in [0.15, 0.2) is 0 Å². The number of rotatable bonds is 1. The third-order valence-electron chi connectivity index (χ3n) is 1.96. The quantitative estimate of drug-likeness (QED) is 0.653. The van der Waals surface area contributed by atoms with E-state index in [0.717, 1.165) is 5.92 Å². The third-order valence-corrected chi connectivity index (χ3v) is 8.27. The van der Waals surface area contributed by atoms with Crippen molar-refractivity contribution < 1.29 is 21.4 Å². The Morgan fingerprint density at radius 2 is 2.00 bits per heavy atom. The molecule has 1 aliphatic carbocycles. The van der Waals surface area contributed by atoms with Crippen LogP contribution < -0.4 is 0 Å². The molecule has 0 saturated carbocycles.